The summed E-state index contributed by atoms with van der Waals surface area (Å²) < 4.78 is 41.2. The van der Waals surface area contributed by atoms with Crippen LogP contribution in [-0.2, 0) is 32.4 Å². The van der Waals surface area contributed by atoms with Gasteiger partial charge in [-0.05, 0) is 29.8 Å². The maximum absolute atomic E-state index is 12.3. The van der Waals surface area contributed by atoms with Gasteiger partial charge in [0.05, 0.1) is 28.7 Å². The fourth-order valence-corrected chi connectivity index (χ4v) is 5.07. The minimum atomic E-state index is -4.87. The second-order valence-electron chi connectivity index (χ2n) is 9.24. The summed E-state index contributed by atoms with van der Waals surface area (Å²) in [7, 11) is -4.87. The van der Waals surface area contributed by atoms with Crippen LogP contribution in [0.4, 0.5) is 0 Å². The van der Waals surface area contributed by atoms with Crippen molar-refractivity contribution in [2.24, 2.45) is 0 Å². The molecule has 12 nitrogen and oxygen atoms in total. The Kier molecular flexibility index (Phi) is 10.3. The van der Waals surface area contributed by atoms with Crippen molar-refractivity contribution in [2.45, 2.75) is 4.90 Å². The van der Waals surface area contributed by atoms with E-state index in [1.807, 2.05) is 60.7 Å². The van der Waals surface area contributed by atoms with E-state index in [2.05, 4.69) is 42.7 Å². The van der Waals surface area contributed by atoms with Gasteiger partial charge in [0.25, 0.3) is 0 Å². The van der Waals surface area contributed by atoms with E-state index in [9.17, 15) is 13.0 Å². The average molecular weight is 650 g/mol. The molecule has 4 aromatic carbocycles. The second kappa shape index (κ2) is 14.3. The number of aromatic nitrogens is 6. The van der Waals surface area contributed by atoms with Crippen molar-refractivity contribution in [3.63, 3.8) is 0 Å². The first-order valence-corrected chi connectivity index (χ1v) is 14.8. The maximum atomic E-state index is 12.3. The van der Waals surface area contributed by atoms with Crippen molar-refractivity contribution in [3.05, 3.63) is 121 Å². The number of hydrogen-bond donors (Lipinski definition) is 0. The van der Waals surface area contributed by atoms with Crippen molar-refractivity contribution in [2.75, 3.05) is 0 Å². The molecule has 0 saturated carbocycles. The predicted molar refractivity (Wildman–Crippen MR) is 163 cm³/mol. The zero-order valence-corrected chi connectivity index (χ0v) is 27.4. The van der Waals surface area contributed by atoms with Gasteiger partial charge in [-0.15, -0.1) is 10.2 Å². The van der Waals surface area contributed by atoms with Gasteiger partial charge in [0.15, 0.2) is 18.7 Å². The van der Waals surface area contributed by atoms with Gasteiger partial charge in [-0.25, -0.2) is 8.42 Å². The van der Waals surface area contributed by atoms with Crippen LogP contribution < -0.4 is 34.4 Å². The SMILES string of the molecule is O=S(=O)([O-])c1cc(-n2ncc(-c3ccccc3)n2)ccc1C=Cc1ccc(-n2ncc(-c3ccccc3)n2)cc1OOO[SH2+].[Na+]. The van der Waals surface area contributed by atoms with Gasteiger partial charge in [0.1, 0.15) is 21.5 Å². The molecule has 6 rings (SSSR count). The van der Waals surface area contributed by atoms with Crippen LogP contribution in [0.25, 0.3) is 46.0 Å². The van der Waals surface area contributed by atoms with Crippen molar-refractivity contribution < 1.29 is 56.8 Å². The summed E-state index contributed by atoms with van der Waals surface area (Å²) in [6.45, 7) is 0. The Morgan fingerprint density at radius 1 is 0.711 bits per heavy atom. The zero-order valence-electron chi connectivity index (χ0n) is 23.6. The number of hydrogen-bond acceptors (Lipinski definition) is 10. The van der Waals surface area contributed by atoms with E-state index in [4.69, 9.17) is 4.89 Å². The zero-order chi connectivity index (χ0) is 30.5. The Hall–Kier alpha value is -4.12. The largest absolute Gasteiger partial charge is 1.00 e. The average Bonchev–Trinajstić information content (AvgIpc) is 3.75. The fourth-order valence-electron chi connectivity index (χ4n) is 4.35. The van der Waals surface area contributed by atoms with Crippen LogP contribution >= 0.6 is 0 Å². The molecule has 0 unspecified atom stereocenters. The van der Waals surface area contributed by atoms with Crippen LogP contribution in [0.5, 0.6) is 5.75 Å². The summed E-state index contributed by atoms with van der Waals surface area (Å²) >= 11 is 2.71. The quantitative estimate of drug-likeness (QED) is 0.0534. The van der Waals surface area contributed by atoms with Crippen LogP contribution in [0, 0.1) is 0 Å². The van der Waals surface area contributed by atoms with E-state index in [0.717, 1.165) is 11.1 Å². The Morgan fingerprint density at radius 2 is 1.22 bits per heavy atom. The summed E-state index contributed by atoms with van der Waals surface area (Å²) in [5.74, 6) is 0.188. The van der Waals surface area contributed by atoms with Crippen molar-refractivity contribution >= 4 is 35.2 Å². The van der Waals surface area contributed by atoms with E-state index >= 15 is 0 Å². The Balaban J connectivity index is 0.00000400. The van der Waals surface area contributed by atoms with E-state index < -0.39 is 15.0 Å². The smallest absolute Gasteiger partial charge is 0.744 e. The molecule has 0 amide bonds. The third kappa shape index (κ3) is 7.58. The van der Waals surface area contributed by atoms with Crippen LogP contribution in [0.15, 0.2) is 114 Å². The molecular weight excluding hydrogens is 627 g/mol. The van der Waals surface area contributed by atoms with E-state index in [0.29, 0.717) is 28.3 Å². The van der Waals surface area contributed by atoms with Gasteiger partial charge in [0, 0.05) is 32.1 Å². The van der Waals surface area contributed by atoms with Gasteiger partial charge < -0.3 is 9.44 Å². The number of benzene rings is 4. The van der Waals surface area contributed by atoms with Crippen LogP contribution in [-0.4, -0.2) is 43.0 Å². The van der Waals surface area contributed by atoms with Crippen molar-refractivity contribution in [3.8, 4) is 39.6 Å². The molecule has 0 aliphatic carbocycles. The molecule has 2 aromatic heterocycles. The third-order valence-electron chi connectivity index (χ3n) is 6.45. The van der Waals surface area contributed by atoms with Crippen LogP contribution in [0.3, 0.4) is 0 Å². The minimum absolute atomic E-state index is 0. The fraction of sp³-hybridized carbons (Fsp3) is 0. The molecule has 220 valence electrons. The molecule has 0 fully saturated rings. The molecule has 0 spiro atoms. The summed E-state index contributed by atoms with van der Waals surface area (Å²) in [5.41, 5.74) is 4.47. The second-order valence-corrected chi connectivity index (χ2v) is 10.8. The first kappa shape index (κ1) is 32.3. The molecular formula is C30H22N6NaO6S2+. The monoisotopic (exact) mass is 649 g/mol. The minimum Gasteiger partial charge on any atom is -0.744 e. The van der Waals surface area contributed by atoms with Gasteiger partial charge >= 0.3 is 29.6 Å². The topological polar surface area (TPSA) is 146 Å². The summed E-state index contributed by atoms with van der Waals surface area (Å²) in [6, 6.07) is 28.3. The molecule has 0 atom stereocenters. The molecule has 15 heteroatoms. The van der Waals surface area contributed by atoms with Crippen LogP contribution in [0.2, 0.25) is 0 Å². The molecule has 6 aromatic rings. The molecule has 2 heterocycles. The molecule has 0 bridgehead atoms. The summed E-state index contributed by atoms with van der Waals surface area (Å²) in [5, 5.41) is 22.1. The van der Waals surface area contributed by atoms with Crippen molar-refractivity contribution in [1.82, 2.24) is 30.0 Å². The summed E-state index contributed by atoms with van der Waals surface area (Å²) in [6.07, 6.45) is 6.22. The first-order valence-electron chi connectivity index (χ1n) is 12.9. The molecule has 0 aliphatic heterocycles. The van der Waals surface area contributed by atoms with E-state index in [1.54, 1.807) is 42.7 Å². The Morgan fingerprint density at radius 3 is 1.76 bits per heavy atom. The van der Waals surface area contributed by atoms with Gasteiger partial charge in [-0.1, -0.05) is 78.9 Å². The van der Waals surface area contributed by atoms with Gasteiger partial charge in [0.2, 0.25) is 0 Å². The Labute approximate surface area is 285 Å². The standard InChI is InChI=1S/C30H22N6O6S2.Na/c37-44(38,39)30-18-26(36-32-20-28(34-36)22-9-5-2-6-10-22)16-14-24(30)12-11-23-13-15-25(17-29(23)40-41-42-43)35-31-19-27(33-35)21-7-3-1-4-8-21;/h1-20,43H,(H,37,38,39);/q;+1. The first-order chi connectivity index (χ1) is 21.4. The normalized spacial score (nSPS) is 11.4. The number of rotatable bonds is 10. The molecule has 45 heavy (non-hydrogen) atoms. The molecule has 0 saturated heterocycles. The predicted octanol–water partition coefficient (Wildman–Crippen LogP) is 1.43. The summed E-state index contributed by atoms with van der Waals surface area (Å²) in [4.78, 5) is 7.49. The van der Waals surface area contributed by atoms with Gasteiger partial charge in [-0.2, -0.15) is 19.8 Å². The number of nitrogens with zero attached hydrogens (tertiary/aromatic N) is 6. The molecule has 0 aliphatic rings. The maximum Gasteiger partial charge on any atom is 1.00 e. The van der Waals surface area contributed by atoms with E-state index in [1.165, 1.54) is 27.8 Å². The van der Waals surface area contributed by atoms with Gasteiger partial charge in [-0.3, -0.25) is 0 Å². The third-order valence-corrected chi connectivity index (χ3v) is 7.41. The molecule has 0 radical (unpaired) electrons. The van der Waals surface area contributed by atoms with E-state index in [-0.39, 0.29) is 40.9 Å². The Bertz CT molecular complexity index is 2050. The van der Waals surface area contributed by atoms with Crippen LogP contribution in [0.1, 0.15) is 11.1 Å². The molecule has 0 N–H and O–H groups in total. The van der Waals surface area contributed by atoms with Crippen molar-refractivity contribution in [1.29, 1.82) is 0 Å².